The molecule has 0 amide bonds. The highest BCUT2D eigenvalue weighted by Crippen LogP contribution is 2.34. The summed E-state index contributed by atoms with van der Waals surface area (Å²) in [7, 11) is 1.40. The normalized spacial score (nSPS) is 12.6. The summed E-state index contributed by atoms with van der Waals surface area (Å²) in [5, 5.41) is 18.7. The zero-order valence-corrected chi connectivity index (χ0v) is 23.3. The van der Waals surface area contributed by atoms with Crippen LogP contribution in [0.3, 0.4) is 0 Å². The number of halogens is 1. The predicted molar refractivity (Wildman–Crippen MR) is 144 cm³/mol. The number of aryl methyl sites for hydroxylation is 1. The van der Waals surface area contributed by atoms with Gasteiger partial charge in [0.1, 0.15) is 38.8 Å². The minimum Gasteiger partial charge on any atom is -0.496 e. The fourth-order valence-corrected chi connectivity index (χ4v) is 5.52. The van der Waals surface area contributed by atoms with Crippen LogP contribution in [-0.2, 0) is 26.4 Å². The van der Waals surface area contributed by atoms with Crippen LogP contribution in [0, 0.1) is 12.7 Å². The molecule has 4 rings (SSSR count). The van der Waals surface area contributed by atoms with Crippen LogP contribution in [-0.4, -0.2) is 54.7 Å². The van der Waals surface area contributed by atoms with Crippen LogP contribution in [0.15, 0.2) is 40.2 Å². The molecule has 1 atom stereocenters. The summed E-state index contributed by atoms with van der Waals surface area (Å²) in [4.78, 5) is 53.0. The third-order valence-electron chi connectivity index (χ3n) is 6.53. The van der Waals surface area contributed by atoms with Gasteiger partial charge in [-0.1, -0.05) is 11.3 Å². The van der Waals surface area contributed by atoms with Gasteiger partial charge in [-0.25, -0.2) is 18.5 Å². The molecule has 1 N–H and O–H groups in total. The van der Waals surface area contributed by atoms with Gasteiger partial charge >= 0.3 is 11.7 Å². The molecule has 40 heavy (non-hydrogen) atoms. The SMILES string of the molecule is COc1ccc(F)cc1[C@H](Cn1c(=O)n(C(C)(C)C(=O)O)c(=O)c2c(C)c(-n3nccn3)sc21)OCCC(C)=O. The van der Waals surface area contributed by atoms with E-state index in [1.54, 1.807) is 6.92 Å². The van der Waals surface area contributed by atoms with Gasteiger partial charge in [-0.15, -0.1) is 4.80 Å². The molecule has 0 bridgehead atoms. The van der Waals surface area contributed by atoms with Crippen LogP contribution in [0.25, 0.3) is 15.2 Å². The van der Waals surface area contributed by atoms with Crippen molar-refractivity contribution in [3.05, 3.63) is 68.4 Å². The topological polar surface area (TPSA) is 148 Å². The molecule has 4 aromatic rings. The molecule has 0 fully saturated rings. The lowest BCUT2D eigenvalue weighted by molar-refractivity contribution is -0.146. The van der Waals surface area contributed by atoms with Crippen LogP contribution in [0.4, 0.5) is 4.39 Å². The average molecular weight is 574 g/mol. The monoisotopic (exact) mass is 573 g/mol. The molecule has 0 aliphatic rings. The molecule has 0 saturated heterocycles. The molecule has 0 saturated carbocycles. The van der Waals surface area contributed by atoms with Gasteiger partial charge in [0.05, 0.1) is 38.0 Å². The van der Waals surface area contributed by atoms with Gasteiger partial charge in [-0.05, 0) is 45.9 Å². The lowest BCUT2D eigenvalue weighted by Crippen LogP contribution is -2.52. The highest BCUT2D eigenvalue weighted by atomic mass is 32.1. The summed E-state index contributed by atoms with van der Waals surface area (Å²) < 4.78 is 27.7. The van der Waals surface area contributed by atoms with E-state index in [1.807, 2.05) is 0 Å². The molecule has 0 aliphatic carbocycles. The smallest absolute Gasteiger partial charge is 0.333 e. The van der Waals surface area contributed by atoms with Gasteiger partial charge in [0.25, 0.3) is 5.56 Å². The highest BCUT2D eigenvalue weighted by Gasteiger charge is 2.36. The summed E-state index contributed by atoms with van der Waals surface area (Å²) in [6.07, 6.45) is 1.96. The number of carbonyl (C=O) groups excluding carboxylic acids is 1. The number of fused-ring (bicyclic) bond motifs is 1. The van der Waals surface area contributed by atoms with E-state index in [0.717, 1.165) is 11.3 Å². The first-order chi connectivity index (χ1) is 18.9. The third kappa shape index (κ3) is 5.19. The minimum atomic E-state index is -1.91. The second-order valence-electron chi connectivity index (χ2n) is 9.63. The molecule has 12 nitrogen and oxygen atoms in total. The van der Waals surface area contributed by atoms with Crippen molar-refractivity contribution < 1.29 is 28.6 Å². The van der Waals surface area contributed by atoms with E-state index < -0.39 is 34.7 Å². The van der Waals surface area contributed by atoms with E-state index in [2.05, 4.69) is 10.2 Å². The van der Waals surface area contributed by atoms with Gasteiger partial charge in [0.15, 0.2) is 0 Å². The number of thiophene rings is 1. The van der Waals surface area contributed by atoms with Crippen LogP contribution in [0.5, 0.6) is 5.75 Å². The number of hydrogen-bond donors (Lipinski definition) is 1. The first kappa shape index (κ1) is 28.8. The minimum absolute atomic E-state index is 0.0380. The van der Waals surface area contributed by atoms with Crippen molar-refractivity contribution in [1.82, 2.24) is 24.1 Å². The van der Waals surface area contributed by atoms with Crippen LogP contribution in [0.2, 0.25) is 0 Å². The number of carboxylic acids is 1. The third-order valence-corrected chi connectivity index (χ3v) is 7.81. The van der Waals surface area contributed by atoms with Crippen molar-refractivity contribution in [3.63, 3.8) is 0 Å². The molecule has 14 heteroatoms. The summed E-state index contributed by atoms with van der Waals surface area (Å²) in [5.41, 5.74) is -2.88. The van der Waals surface area contributed by atoms with E-state index in [1.165, 1.54) is 67.8 Å². The van der Waals surface area contributed by atoms with Gasteiger partial charge in [-0.2, -0.15) is 10.2 Å². The highest BCUT2D eigenvalue weighted by molar-refractivity contribution is 7.21. The van der Waals surface area contributed by atoms with Crippen molar-refractivity contribution in [2.24, 2.45) is 0 Å². The van der Waals surface area contributed by atoms with Crippen molar-refractivity contribution in [1.29, 1.82) is 0 Å². The Morgan fingerprint density at radius 3 is 2.48 bits per heavy atom. The number of Topliss-reactive ketones (excluding diaryl/α,β-unsaturated/α-hetero) is 1. The quantitative estimate of drug-likeness (QED) is 0.286. The molecule has 0 aliphatic heterocycles. The first-order valence-electron chi connectivity index (χ1n) is 12.2. The van der Waals surface area contributed by atoms with Gasteiger partial charge < -0.3 is 14.6 Å². The Morgan fingerprint density at radius 1 is 1.20 bits per heavy atom. The molecule has 0 unspecified atom stereocenters. The van der Waals surface area contributed by atoms with Crippen LogP contribution >= 0.6 is 11.3 Å². The number of methoxy groups -OCH3 is 1. The Hall–Kier alpha value is -4.17. The van der Waals surface area contributed by atoms with Crippen LogP contribution in [0.1, 0.15) is 44.4 Å². The number of benzene rings is 1. The number of ether oxygens (including phenoxy) is 2. The number of hydrogen-bond acceptors (Lipinski definition) is 9. The number of carboxylic acid groups (broad SMARTS) is 1. The molecule has 3 aromatic heterocycles. The Bertz CT molecular complexity index is 1700. The van der Waals surface area contributed by atoms with Crippen LogP contribution < -0.4 is 16.0 Å². The zero-order valence-electron chi connectivity index (χ0n) is 22.5. The number of rotatable bonds is 11. The molecular formula is C26H28FN5O7S. The Morgan fingerprint density at radius 2 is 1.88 bits per heavy atom. The number of ketones is 1. The summed E-state index contributed by atoms with van der Waals surface area (Å²) in [5.74, 6) is -1.82. The van der Waals surface area contributed by atoms with E-state index in [4.69, 9.17) is 9.47 Å². The van der Waals surface area contributed by atoms with Crippen molar-refractivity contribution in [2.75, 3.05) is 13.7 Å². The number of carbonyl (C=O) groups is 2. The van der Waals surface area contributed by atoms with E-state index >= 15 is 0 Å². The maximum Gasteiger partial charge on any atom is 0.333 e. The van der Waals surface area contributed by atoms with E-state index in [9.17, 15) is 28.7 Å². The Labute approximate surface area is 231 Å². The largest absolute Gasteiger partial charge is 0.496 e. The van der Waals surface area contributed by atoms with Crippen molar-refractivity contribution in [3.8, 4) is 10.8 Å². The molecular weight excluding hydrogens is 545 g/mol. The predicted octanol–water partition coefficient (Wildman–Crippen LogP) is 2.82. The Balaban J connectivity index is 2.02. The van der Waals surface area contributed by atoms with Gasteiger partial charge in [-0.3, -0.25) is 14.2 Å². The van der Waals surface area contributed by atoms with Crippen molar-refractivity contribution in [2.45, 2.75) is 52.3 Å². The first-order valence-corrected chi connectivity index (χ1v) is 13.0. The lowest BCUT2D eigenvalue weighted by atomic mass is 10.1. The standard InChI is InChI=1S/C26H28FN5O7S/c1-14(33)8-11-39-19(17-12-16(27)6-7-18(17)38-5)13-30-23-20(15(2)22(40-23)32-28-9-10-29-32)21(34)31(25(30)37)26(3,4)24(35)36/h6-7,9-10,12,19H,8,11,13H2,1-5H3,(H,35,36)/t19-/m0/s1. The number of aromatic nitrogens is 5. The molecule has 0 spiro atoms. The van der Waals surface area contributed by atoms with Crippen molar-refractivity contribution >= 4 is 33.3 Å². The lowest BCUT2D eigenvalue weighted by Gasteiger charge is -2.25. The molecule has 0 radical (unpaired) electrons. The van der Waals surface area contributed by atoms with E-state index in [0.29, 0.717) is 15.1 Å². The zero-order chi connectivity index (χ0) is 29.4. The maximum atomic E-state index is 14.4. The molecule has 1 aromatic carbocycles. The van der Waals surface area contributed by atoms with Gasteiger partial charge in [0, 0.05) is 17.5 Å². The number of aliphatic carboxylic acids is 1. The number of nitrogens with zero attached hydrogens (tertiary/aromatic N) is 5. The molecule has 212 valence electrons. The maximum absolute atomic E-state index is 14.4. The Kier molecular flexibility index (Phi) is 8.03. The van der Waals surface area contributed by atoms with Gasteiger partial charge in [0.2, 0.25) is 0 Å². The summed E-state index contributed by atoms with van der Waals surface area (Å²) >= 11 is 1.07. The second-order valence-corrected chi connectivity index (χ2v) is 10.6. The second kappa shape index (κ2) is 11.1. The van der Waals surface area contributed by atoms with E-state index in [-0.39, 0.29) is 46.9 Å². The fourth-order valence-electron chi connectivity index (χ4n) is 4.30. The summed E-state index contributed by atoms with van der Waals surface area (Å²) in [6.45, 7) is 5.27. The molecule has 3 heterocycles. The summed E-state index contributed by atoms with van der Waals surface area (Å²) in [6, 6.07) is 3.83. The average Bonchev–Trinajstić information content (AvgIpc) is 3.53. The fraction of sp³-hybridized carbons (Fsp3) is 0.385.